The molecule has 0 saturated carbocycles. The van der Waals surface area contributed by atoms with Gasteiger partial charge in [0.2, 0.25) is 0 Å². The maximum absolute atomic E-state index is 12.0. The van der Waals surface area contributed by atoms with Crippen molar-refractivity contribution in [3.05, 3.63) is 24.3 Å². The second-order valence-corrected chi connectivity index (χ2v) is 15.2. The van der Waals surface area contributed by atoms with Gasteiger partial charge in [-0.3, -0.25) is 9.59 Å². The van der Waals surface area contributed by atoms with Gasteiger partial charge in [0.25, 0.3) is 0 Å². The first-order chi connectivity index (χ1) is 23.4. The summed E-state index contributed by atoms with van der Waals surface area (Å²) in [5.74, 6) is 0.909. The molecule has 0 spiro atoms. The third-order valence-electron chi connectivity index (χ3n) is 12.0. The zero-order valence-corrected chi connectivity index (χ0v) is 42.3. The van der Waals surface area contributed by atoms with Crippen LogP contribution in [-0.4, -0.2) is 86.3 Å². The number of aliphatic hydroxyl groups excluding tert-OH is 2. The maximum atomic E-state index is 12.0. The Morgan fingerprint density at radius 2 is 0.889 bits per heavy atom. The molecule has 6 unspecified atom stereocenters. The molecular formula is C38H66O12P2Y2. The van der Waals surface area contributed by atoms with Crippen molar-refractivity contribution >= 4 is 43.7 Å². The number of hydrogen-bond donors (Lipinski definition) is 2. The molecule has 12 nitrogen and oxygen atoms in total. The number of aliphatic hydroxyl groups is 2. The number of esters is 4. The van der Waals surface area contributed by atoms with Crippen molar-refractivity contribution < 1.29 is 123 Å². The van der Waals surface area contributed by atoms with Crippen molar-refractivity contribution in [2.24, 2.45) is 58.2 Å². The molecule has 6 fully saturated rings. The van der Waals surface area contributed by atoms with E-state index in [0.29, 0.717) is 75.5 Å². The largest absolute Gasteiger partial charge is 0.465 e. The van der Waals surface area contributed by atoms with Gasteiger partial charge in [-0.2, -0.15) is 19.8 Å². The summed E-state index contributed by atoms with van der Waals surface area (Å²) < 4.78 is 30.2. The van der Waals surface area contributed by atoms with Gasteiger partial charge >= 0.3 is 23.9 Å². The van der Waals surface area contributed by atoms with E-state index >= 15 is 0 Å². The van der Waals surface area contributed by atoms with E-state index in [9.17, 15) is 29.4 Å². The number of ether oxygens (including phenoxy) is 6. The number of carbonyl (C=O) groups excluding carboxylic acids is 4. The van der Waals surface area contributed by atoms with E-state index in [1.165, 1.54) is 0 Å². The van der Waals surface area contributed by atoms with Gasteiger partial charge in [-0.25, -0.2) is 9.59 Å². The average Bonchev–Trinajstić information content (AvgIpc) is 3.90. The van der Waals surface area contributed by atoms with Crippen molar-refractivity contribution in [1.82, 2.24) is 0 Å². The third kappa shape index (κ3) is 13.1. The van der Waals surface area contributed by atoms with Crippen LogP contribution in [0.15, 0.2) is 24.3 Å². The van der Waals surface area contributed by atoms with Gasteiger partial charge in [0.15, 0.2) is 12.6 Å². The third-order valence-corrected chi connectivity index (χ3v) is 12.0. The zero-order chi connectivity index (χ0) is 37.6. The molecule has 6 rings (SSSR count). The van der Waals surface area contributed by atoms with Crippen LogP contribution < -0.4 is 0 Å². The summed E-state index contributed by atoms with van der Waals surface area (Å²) >= 11 is 0. The van der Waals surface area contributed by atoms with Crippen LogP contribution >= 0.6 is 19.8 Å². The van der Waals surface area contributed by atoms with E-state index in [0.717, 1.165) is 12.8 Å². The number of rotatable bonds is 6. The molecule has 0 aromatic carbocycles. The Bertz CT molecular complexity index is 1160. The van der Waals surface area contributed by atoms with Gasteiger partial charge in [0.05, 0.1) is 50.5 Å². The minimum Gasteiger partial charge on any atom is -0.465 e. The molecule has 0 aromatic heterocycles. The van der Waals surface area contributed by atoms with Gasteiger partial charge in [0.1, 0.15) is 0 Å². The van der Waals surface area contributed by atoms with Gasteiger partial charge in [-0.15, -0.1) is 0 Å². The Morgan fingerprint density at radius 1 is 0.574 bits per heavy atom. The minimum atomic E-state index is -0.728. The molecule has 6 heterocycles. The normalized spacial score (nSPS) is 37.5. The second-order valence-electron chi connectivity index (χ2n) is 15.2. The Morgan fingerprint density at radius 3 is 1.04 bits per heavy atom. The van der Waals surface area contributed by atoms with E-state index in [1.54, 1.807) is 0 Å². The molecule has 54 heavy (non-hydrogen) atoms. The standard InChI is InChI=1S/2C13H22O4.2C6H8O2.2H3P.2Y/c2*1-4-13(9(3)7-17-12(13)15)5-10-8(2)6-16-11(10)14;2*1-4-3-8-6(7)5(4)2;;;;/h2*8-11,14H,4-7H2,1-3H3;2*4H,2-3H2,1H3;2*1H3;;/t2*8-,9-,10?,11+,13?;2*4-;;;;/m1010..../s1. The molecule has 2 radical (unpaired) electrons. The van der Waals surface area contributed by atoms with Crippen molar-refractivity contribution in [1.29, 1.82) is 0 Å². The average molecular weight is 955 g/mol. The molecule has 6 aliphatic rings. The van der Waals surface area contributed by atoms with Crippen molar-refractivity contribution in [2.45, 2.75) is 93.7 Å². The second kappa shape index (κ2) is 25.0. The van der Waals surface area contributed by atoms with Crippen LogP contribution in [0, 0.1) is 58.2 Å². The minimum absolute atomic E-state index is 0. The topological polar surface area (TPSA) is 164 Å². The van der Waals surface area contributed by atoms with Crippen molar-refractivity contribution in [2.75, 3.05) is 39.6 Å². The van der Waals surface area contributed by atoms with Crippen LogP contribution in [0.5, 0.6) is 0 Å². The molecule has 16 heteroatoms. The Hall–Kier alpha value is 0.268. The van der Waals surface area contributed by atoms with Gasteiger partial charge in [-0.05, 0) is 37.5 Å². The van der Waals surface area contributed by atoms with E-state index in [2.05, 4.69) is 50.3 Å². The number of cyclic esters (lactones) is 4. The summed E-state index contributed by atoms with van der Waals surface area (Å²) in [7, 11) is 0. The summed E-state index contributed by atoms with van der Waals surface area (Å²) in [6.45, 7) is 26.4. The van der Waals surface area contributed by atoms with E-state index in [-0.39, 0.29) is 145 Å². The molecule has 6 aliphatic heterocycles. The van der Waals surface area contributed by atoms with Crippen LogP contribution in [0.2, 0.25) is 0 Å². The first-order valence-electron chi connectivity index (χ1n) is 18.1. The molecule has 14 atom stereocenters. The first kappa shape index (κ1) is 56.4. The van der Waals surface area contributed by atoms with Crippen molar-refractivity contribution in [3.8, 4) is 0 Å². The fraction of sp³-hybridized carbons (Fsp3) is 0.789. The van der Waals surface area contributed by atoms with Crippen LogP contribution in [0.3, 0.4) is 0 Å². The fourth-order valence-electron chi connectivity index (χ4n) is 7.45. The molecule has 306 valence electrons. The van der Waals surface area contributed by atoms with E-state index in [1.807, 2.05) is 27.7 Å². The van der Waals surface area contributed by atoms with Crippen LogP contribution in [0.25, 0.3) is 0 Å². The Balaban J connectivity index is 0. The molecular weight excluding hydrogens is 888 g/mol. The van der Waals surface area contributed by atoms with Crippen molar-refractivity contribution in [3.63, 3.8) is 0 Å². The summed E-state index contributed by atoms with van der Waals surface area (Å²) in [4.78, 5) is 44.9. The number of carbonyl (C=O) groups is 4. The molecule has 0 aliphatic carbocycles. The Kier molecular flexibility index (Phi) is 26.1. The molecule has 0 aromatic rings. The summed E-state index contributed by atoms with van der Waals surface area (Å²) in [6.07, 6.45) is 1.42. The van der Waals surface area contributed by atoms with Gasteiger partial charge in [-0.1, -0.05) is 68.5 Å². The van der Waals surface area contributed by atoms with Gasteiger partial charge < -0.3 is 38.6 Å². The molecule has 6 saturated heterocycles. The van der Waals surface area contributed by atoms with Crippen LogP contribution in [0.1, 0.15) is 81.1 Å². The molecule has 2 N–H and O–H groups in total. The van der Waals surface area contributed by atoms with E-state index < -0.39 is 23.4 Å². The predicted molar refractivity (Wildman–Crippen MR) is 205 cm³/mol. The molecule has 0 bridgehead atoms. The maximum Gasteiger partial charge on any atom is 0.333 e. The van der Waals surface area contributed by atoms with E-state index in [4.69, 9.17) is 18.9 Å². The zero-order valence-electron chi connectivity index (χ0n) is 33.8. The number of hydrogen-bond acceptors (Lipinski definition) is 12. The Labute approximate surface area is 379 Å². The monoisotopic (exact) mass is 954 g/mol. The quantitative estimate of drug-likeness (QED) is 0.163. The van der Waals surface area contributed by atoms with Crippen LogP contribution in [-0.2, 0) is 113 Å². The molecule has 0 amide bonds. The predicted octanol–water partition coefficient (Wildman–Crippen LogP) is 4.72. The summed E-state index contributed by atoms with van der Waals surface area (Å²) in [5.41, 5.74) is 0.358. The fourth-order valence-corrected chi connectivity index (χ4v) is 7.45. The van der Waals surface area contributed by atoms with Gasteiger partial charge in [0, 0.05) is 112 Å². The SMILES string of the molecule is C=C1C(=O)OC[C@@H]1C.C=C1C(=O)OC[C@H]1C.CCC1(CC2[C@H](C)CO[C@@H]2O)C(=O)OC[C@H]1C.CCC1(CC2[C@H](O)OC[C@@H]2C)C(=O)OC[C@@H]1C.P.P.[Y].[Y]. The smallest absolute Gasteiger partial charge is 0.333 e. The summed E-state index contributed by atoms with van der Waals surface area (Å²) in [5, 5.41) is 19.7. The summed E-state index contributed by atoms with van der Waals surface area (Å²) in [6, 6.07) is 0. The first-order valence-corrected chi connectivity index (χ1v) is 18.1. The van der Waals surface area contributed by atoms with Crippen LogP contribution in [0.4, 0.5) is 0 Å².